The van der Waals surface area contributed by atoms with Crippen LogP contribution < -0.4 is 10.1 Å². The Hall–Kier alpha value is -3.74. The number of aromatic amines is 1. The lowest BCUT2D eigenvalue weighted by Gasteiger charge is -2.13. The second kappa shape index (κ2) is 8.52. The van der Waals surface area contributed by atoms with Crippen LogP contribution in [0.3, 0.4) is 0 Å². The summed E-state index contributed by atoms with van der Waals surface area (Å²) in [4.78, 5) is 4.59. The third-order valence-electron chi connectivity index (χ3n) is 4.22. The highest BCUT2D eigenvalue weighted by Gasteiger charge is 2.11. The molecule has 146 valence electrons. The van der Waals surface area contributed by atoms with Gasteiger partial charge in [-0.1, -0.05) is 42.5 Å². The molecule has 0 amide bonds. The molecular formula is C22H22N6O. The van der Waals surface area contributed by atoms with Gasteiger partial charge in [-0.3, -0.25) is 5.10 Å². The van der Waals surface area contributed by atoms with Crippen LogP contribution in [0.5, 0.6) is 5.75 Å². The van der Waals surface area contributed by atoms with E-state index in [-0.39, 0.29) is 6.10 Å². The number of anilines is 1. The van der Waals surface area contributed by atoms with Crippen molar-refractivity contribution in [3.63, 3.8) is 0 Å². The molecule has 0 saturated carbocycles. The Bertz CT molecular complexity index is 1080. The predicted molar refractivity (Wildman–Crippen MR) is 112 cm³/mol. The molecule has 0 unspecified atom stereocenters. The minimum atomic E-state index is 0.0720. The fraction of sp³-hybridized carbons (Fsp3) is 0.182. The molecule has 0 radical (unpaired) electrons. The predicted octanol–water partition coefficient (Wildman–Crippen LogP) is 4.33. The van der Waals surface area contributed by atoms with Crippen molar-refractivity contribution in [2.75, 3.05) is 5.32 Å². The van der Waals surface area contributed by atoms with Crippen LogP contribution in [0.1, 0.15) is 19.5 Å². The SMILES string of the molecule is CC(C)Oc1ccccc1-c1cnnc(NCc2cc(-c3ccccc3)n[nH]2)n1. The van der Waals surface area contributed by atoms with Gasteiger partial charge in [0.2, 0.25) is 5.95 Å². The van der Waals surface area contributed by atoms with Gasteiger partial charge in [0, 0.05) is 11.1 Å². The number of hydrogen-bond acceptors (Lipinski definition) is 6. The van der Waals surface area contributed by atoms with E-state index in [2.05, 4.69) is 30.7 Å². The highest BCUT2D eigenvalue weighted by Crippen LogP contribution is 2.29. The number of hydrogen-bond donors (Lipinski definition) is 2. The molecule has 2 aromatic heterocycles. The number of nitrogens with one attached hydrogen (secondary N) is 2. The third kappa shape index (κ3) is 4.57. The molecule has 0 aliphatic carbocycles. The number of ether oxygens (including phenoxy) is 1. The zero-order valence-electron chi connectivity index (χ0n) is 16.3. The van der Waals surface area contributed by atoms with Crippen molar-refractivity contribution in [2.45, 2.75) is 26.5 Å². The number of rotatable bonds is 7. The van der Waals surface area contributed by atoms with E-state index in [4.69, 9.17) is 4.74 Å². The van der Waals surface area contributed by atoms with Crippen LogP contribution in [0.15, 0.2) is 66.9 Å². The fourth-order valence-electron chi connectivity index (χ4n) is 2.93. The molecule has 4 aromatic rings. The summed E-state index contributed by atoms with van der Waals surface area (Å²) in [6, 6.07) is 19.8. The van der Waals surface area contributed by atoms with Gasteiger partial charge in [0.1, 0.15) is 5.75 Å². The van der Waals surface area contributed by atoms with Crippen LogP contribution >= 0.6 is 0 Å². The van der Waals surface area contributed by atoms with E-state index in [9.17, 15) is 0 Å². The molecule has 0 atom stereocenters. The van der Waals surface area contributed by atoms with Crippen molar-refractivity contribution >= 4 is 5.95 Å². The molecule has 7 heteroatoms. The number of nitrogens with zero attached hydrogens (tertiary/aromatic N) is 4. The molecule has 2 heterocycles. The van der Waals surface area contributed by atoms with E-state index in [0.717, 1.165) is 28.3 Å². The van der Waals surface area contributed by atoms with Gasteiger partial charge in [-0.15, -0.1) is 5.10 Å². The molecule has 0 saturated heterocycles. The number of H-pyrrole nitrogens is 1. The first-order chi connectivity index (χ1) is 14.2. The molecule has 29 heavy (non-hydrogen) atoms. The molecule has 0 aliphatic heterocycles. The average molecular weight is 386 g/mol. The largest absolute Gasteiger partial charge is 0.490 e. The summed E-state index contributed by atoms with van der Waals surface area (Å²) in [7, 11) is 0. The highest BCUT2D eigenvalue weighted by molar-refractivity contribution is 5.67. The Morgan fingerprint density at radius 3 is 2.62 bits per heavy atom. The van der Waals surface area contributed by atoms with Gasteiger partial charge in [0.15, 0.2) is 0 Å². The Balaban J connectivity index is 1.49. The monoisotopic (exact) mass is 386 g/mol. The van der Waals surface area contributed by atoms with Crippen LogP contribution in [0.2, 0.25) is 0 Å². The summed E-state index contributed by atoms with van der Waals surface area (Å²) in [6.45, 7) is 4.50. The van der Waals surface area contributed by atoms with Crippen LogP contribution in [0, 0.1) is 0 Å². The van der Waals surface area contributed by atoms with Crippen molar-refractivity contribution in [3.05, 3.63) is 72.6 Å². The van der Waals surface area contributed by atoms with Crippen molar-refractivity contribution in [3.8, 4) is 28.3 Å². The topological polar surface area (TPSA) is 88.6 Å². The normalized spacial score (nSPS) is 10.9. The maximum atomic E-state index is 5.89. The Morgan fingerprint density at radius 2 is 1.79 bits per heavy atom. The number of aromatic nitrogens is 5. The Morgan fingerprint density at radius 1 is 1.00 bits per heavy atom. The lowest BCUT2D eigenvalue weighted by molar-refractivity contribution is 0.243. The van der Waals surface area contributed by atoms with E-state index >= 15 is 0 Å². The number of para-hydroxylation sites is 1. The summed E-state index contributed by atoms with van der Waals surface area (Å²) >= 11 is 0. The summed E-state index contributed by atoms with van der Waals surface area (Å²) in [5, 5.41) is 18.8. The van der Waals surface area contributed by atoms with Gasteiger partial charge in [0.25, 0.3) is 0 Å². The second-order valence-corrected chi connectivity index (χ2v) is 6.83. The van der Waals surface area contributed by atoms with Gasteiger partial charge in [-0.25, -0.2) is 4.98 Å². The molecule has 0 bridgehead atoms. The van der Waals surface area contributed by atoms with Crippen molar-refractivity contribution in [2.24, 2.45) is 0 Å². The van der Waals surface area contributed by atoms with Crippen LogP contribution in [-0.4, -0.2) is 31.5 Å². The van der Waals surface area contributed by atoms with Crippen LogP contribution in [0.25, 0.3) is 22.5 Å². The van der Waals surface area contributed by atoms with Gasteiger partial charge in [-0.2, -0.15) is 10.2 Å². The van der Waals surface area contributed by atoms with Crippen molar-refractivity contribution < 1.29 is 4.74 Å². The van der Waals surface area contributed by atoms with E-state index in [1.54, 1.807) is 6.20 Å². The molecular weight excluding hydrogens is 364 g/mol. The fourth-order valence-corrected chi connectivity index (χ4v) is 2.93. The summed E-state index contributed by atoms with van der Waals surface area (Å²) in [5.41, 5.74) is 4.48. The minimum Gasteiger partial charge on any atom is -0.490 e. The summed E-state index contributed by atoms with van der Waals surface area (Å²) < 4.78 is 5.89. The van der Waals surface area contributed by atoms with Crippen LogP contribution in [0.4, 0.5) is 5.95 Å². The van der Waals surface area contributed by atoms with Crippen molar-refractivity contribution in [1.29, 1.82) is 0 Å². The minimum absolute atomic E-state index is 0.0720. The molecule has 4 rings (SSSR count). The van der Waals surface area contributed by atoms with E-state index in [0.29, 0.717) is 18.2 Å². The smallest absolute Gasteiger partial charge is 0.243 e. The van der Waals surface area contributed by atoms with E-state index in [1.165, 1.54) is 0 Å². The first-order valence-electron chi connectivity index (χ1n) is 9.48. The molecule has 7 nitrogen and oxygen atoms in total. The van der Waals surface area contributed by atoms with Gasteiger partial charge < -0.3 is 10.1 Å². The summed E-state index contributed by atoms with van der Waals surface area (Å²) in [5.74, 6) is 1.22. The third-order valence-corrected chi connectivity index (χ3v) is 4.22. The van der Waals surface area contributed by atoms with E-state index in [1.807, 2.05) is 74.5 Å². The second-order valence-electron chi connectivity index (χ2n) is 6.83. The quantitative estimate of drug-likeness (QED) is 0.491. The zero-order chi connectivity index (χ0) is 20.1. The molecule has 0 spiro atoms. The first-order valence-corrected chi connectivity index (χ1v) is 9.48. The highest BCUT2D eigenvalue weighted by atomic mass is 16.5. The molecule has 2 aromatic carbocycles. The zero-order valence-corrected chi connectivity index (χ0v) is 16.3. The van der Waals surface area contributed by atoms with Crippen molar-refractivity contribution in [1.82, 2.24) is 25.4 Å². The lowest BCUT2D eigenvalue weighted by Crippen LogP contribution is -2.08. The lowest BCUT2D eigenvalue weighted by atomic mass is 10.1. The molecule has 0 fully saturated rings. The van der Waals surface area contributed by atoms with Gasteiger partial charge >= 0.3 is 0 Å². The van der Waals surface area contributed by atoms with Gasteiger partial charge in [0.05, 0.1) is 35.9 Å². The average Bonchev–Trinajstić information content (AvgIpc) is 3.22. The van der Waals surface area contributed by atoms with Gasteiger partial charge in [-0.05, 0) is 32.0 Å². The van der Waals surface area contributed by atoms with E-state index < -0.39 is 0 Å². The standard InChI is InChI=1S/C22H22N6O/c1-15(2)29-21-11-7-6-10-18(21)20-14-24-28-22(25-20)23-13-17-12-19(27-26-17)16-8-4-3-5-9-16/h3-12,14-15H,13H2,1-2H3,(H,26,27)(H,23,25,28). The van der Waals surface area contributed by atoms with Crippen LogP contribution in [-0.2, 0) is 6.54 Å². The molecule has 2 N–H and O–H groups in total. The Labute approximate surface area is 169 Å². The number of benzene rings is 2. The Kier molecular flexibility index (Phi) is 5.47. The first kappa shape index (κ1) is 18.6. The maximum Gasteiger partial charge on any atom is 0.243 e. The maximum absolute atomic E-state index is 5.89. The summed E-state index contributed by atoms with van der Waals surface area (Å²) in [6.07, 6.45) is 1.71. The molecule has 0 aliphatic rings.